The fraction of sp³-hybridized carbons (Fsp3) is 0.692. The zero-order chi connectivity index (χ0) is 10.8. The maximum atomic E-state index is 9.38. The number of allylic oxidation sites excluding steroid dienone is 1. The van der Waals surface area contributed by atoms with E-state index >= 15 is 0 Å². The molecule has 0 aromatic heterocycles. The van der Waals surface area contributed by atoms with Crippen molar-refractivity contribution in [3.05, 3.63) is 24.3 Å². The van der Waals surface area contributed by atoms with Gasteiger partial charge < -0.3 is 5.11 Å². The average molecular weight is 196 g/mol. The predicted molar refractivity (Wildman–Crippen MR) is 63.3 cm³/mol. The van der Waals surface area contributed by atoms with E-state index in [1.54, 1.807) is 0 Å². The third kappa shape index (κ3) is 8.06. The van der Waals surface area contributed by atoms with Crippen LogP contribution in [0.3, 0.4) is 0 Å². The maximum Gasteiger partial charge on any atom is 0.0926 e. The van der Waals surface area contributed by atoms with Crippen LogP contribution in [-0.4, -0.2) is 11.2 Å². The first-order valence-electron chi connectivity index (χ1n) is 5.68. The van der Waals surface area contributed by atoms with Gasteiger partial charge in [-0.1, -0.05) is 51.3 Å². The normalized spacial score (nSPS) is 13.4. The van der Waals surface area contributed by atoms with Gasteiger partial charge >= 0.3 is 0 Å². The summed E-state index contributed by atoms with van der Waals surface area (Å²) in [6.45, 7) is 7.76. The van der Waals surface area contributed by atoms with Crippen molar-refractivity contribution in [1.82, 2.24) is 0 Å². The molecular weight excluding hydrogens is 172 g/mol. The van der Waals surface area contributed by atoms with E-state index in [1.165, 1.54) is 32.1 Å². The molecule has 1 heteroatoms. The van der Waals surface area contributed by atoms with Crippen LogP contribution >= 0.6 is 0 Å². The maximum absolute atomic E-state index is 9.38. The number of hydrogen-bond acceptors (Lipinski definition) is 1. The fourth-order valence-corrected chi connectivity index (χ4v) is 1.26. The van der Waals surface area contributed by atoms with E-state index in [0.29, 0.717) is 0 Å². The molecule has 0 bridgehead atoms. The summed E-state index contributed by atoms with van der Waals surface area (Å²) in [4.78, 5) is 0. The molecule has 82 valence electrons. The van der Waals surface area contributed by atoms with Gasteiger partial charge in [-0.2, -0.15) is 0 Å². The number of hydrogen-bond donors (Lipinski definition) is 1. The Kier molecular flexibility index (Phi) is 8.65. The second-order valence-corrected chi connectivity index (χ2v) is 3.92. The molecule has 0 aliphatic carbocycles. The van der Waals surface area contributed by atoms with E-state index in [-0.39, 0.29) is 0 Å². The van der Waals surface area contributed by atoms with Gasteiger partial charge in [0.1, 0.15) is 0 Å². The highest BCUT2D eigenvalue weighted by Gasteiger charge is 1.96. The van der Waals surface area contributed by atoms with Crippen molar-refractivity contribution in [2.45, 2.75) is 58.5 Å². The standard InChI is InChI=1S/C13H24O/c1-4-5-6-7-8-9-10-11-13(14)12(2)3/h10-11,13-14H,2,4-9H2,1,3H3/b11-10+. The molecule has 0 aliphatic rings. The molecule has 0 saturated heterocycles. The second-order valence-electron chi connectivity index (χ2n) is 3.92. The van der Waals surface area contributed by atoms with Gasteiger partial charge in [-0.25, -0.2) is 0 Å². The van der Waals surface area contributed by atoms with Gasteiger partial charge in [0, 0.05) is 0 Å². The Labute approximate surface area is 88.5 Å². The third-order valence-electron chi connectivity index (χ3n) is 2.30. The molecule has 0 fully saturated rings. The molecule has 1 nitrogen and oxygen atoms in total. The molecule has 0 radical (unpaired) electrons. The minimum atomic E-state index is -0.453. The summed E-state index contributed by atoms with van der Waals surface area (Å²) in [5.41, 5.74) is 0.812. The Morgan fingerprint density at radius 3 is 2.50 bits per heavy atom. The summed E-state index contributed by atoms with van der Waals surface area (Å²) in [5.74, 6) is 0. The molecule has 0 saturated carbocycles. The van der Waals surface area contributed by atoms with Crippen molar-refractivity contribution in [2.75, 3.05) is 0 Å². The van der Waals surface area contributed by atoms with Crippen molar-refractivity contribution >= 4 is 0 Å². The highest BCUT2D eigenvalue weighted by molar-refractivity contribution is 5.07. The zero-order valence-corrected chi connectivity index (χ0v) is 9.63. The van der Waals surface area contributed by atoms with Gasteiger partial charge in [0.2, 0.25) is 0 Å². The SMILES string of the molecule is C=C(C)C(O)/C=C/CCCCCCC. The Morgan fingerprint density at radius 1 is 1.29 bits per heavy atom. The van der Waals surface area contributed by atoms with E-state index in [1.807, 2.05) is 13.0 Å². The van der Waals surface area contributed by atoms with E-state index in [0.717, 1.165) is 12.0 Å². The summed E-state index contributed by atoms with van der Waals surface area (Å²) < 4.78 is 0. The molecule has 1 N–H and O–H groups in total. The topological polar surface area (TPSA) is 20.2 Å². The summed E-state index contributed by atoms with van der Waals surface area (Å²) in [6.07, 6.45) is 11.0. The molecule has 0 heterocycles. The van der Waals surface area contributed by atoms with E-state index in [4.69, 9.17) is 0 Å². The van der Waals surface area contributed by atoms with Crippen molar-refractivity contribution in [2.24, 2.45) is 0 Å². The highest BCUT2D eigenvalue weighted by atomic mass is 16.3. The van der Waals surface area contributed by atoms with Gasteiger partial charge in [0.05, 0.1) is 6.10 Å². The lowest BCUT2D eigenvalue weighted by Crippen LogP contribution is -2.01. The fourth-order valence-electron chi connectivity index (χ4n) is 1.26. The second kappa shape index (κ2) is 9.01. The van der Waals surface area contributed by atoms with Crippen LogP contribution in [0.5, 0.6) is 0 Å². The number of rotatable bonds is 8. The number of aliphatic hydroxyl groups excluding tert-OH is 1. The Bertz CT molecular complexity index is 170. The minimum absolute atomic E-state index is 0.453. The van der Waals surface area contributed by atoms with Gasteiger partial charge in [-0.3, -0.25) is 0 Å². The van der Waals surface area contributed by atoms with Crippen LogP contribution in [0.4, 0.5) is 0 Å². The van der Waals surface area contributed by atoms with Gasteiger partial charge in [-0.15, -0.1) is 0 Å². The number of unbranched alkanes of at least 4 members (excludes halogenated alkanes) is 5. The molecule has 1 atom stereocenters. The average Bonchev–Trinajstić information content (AvgIpc) is 2.16. The molecule has 0 spiro atoms. The van der Waals surface area contributed by atoms with Crippen molar-refractivity contribution in [3.63, 3.8) is 0 Å². The Balaban J connectivity index is 3.31. The molecule has 0 aromatic carbocycles. The van der Waals surface area contributed by atoms with Crippen LogP contribution in [0.2, 0.25) is 0 Å². The molecule has 14 heavy (non-hydrogen) atoms. The van der Waals surface area contributed by atoms with Crippen molar-refractivity contribution < 1.29 is 5.11 Å². The molecule has 0 amide bonds. The van der Waals surface area contributed by atoms with Gasteiger partial charge in [-0.05, 0) is 25.3 Å². The molecule has 0 rings (SSSR count). The number of aliphatic hydroxyl groups is 1. The van der Waals surface area contributed by atoms with Crippen LogP contribution in [0.1, 0.15) is 52.4 Å². The first kappa shape index (κ1) is 13.4. The molecule has 0 aliphatic heterocycles. The largest absolute Gasteiger partial charge is 0.385 e. The van der Waals surface area contributed by atoms with E-state index in [9.17, 15) is 5.11 Å². The van der Waals surface area contributed by atoms with Crippen LogP contribution in [0, 0.1) is 0 Å². The van der Waals surface area contributed by atoms with E-state index in [2.05, 4.69) is 19.6 Å². The lowest BCUT2D eigenvalue weighted by atomic mass is 10.1. The van der Waals surface area contributed by atoms with Crippen LogP contribution < -0.4 is 0 Å². The van der Waals surface area contributed by atoms with Crippen molar-refractivity contribution in [3.8, 4) is 0 Å². The van der Waals surface area contributed by atoms with Gasteiger partial charge in [0.25, 0.3) is 0 Å². The summed E-state index contributed by atoms with van der Waals surface area (Å²) in [7, 11) is 0. The summed E-state index contributed by atoms with van der Waals surface area (Å²) in [6, 6.07) is 0. The lowest BCUT2D eigenvalue weighted by Gasteiger charge is -2.02. The Morgan fingerprint density at radius 2 is 1.93 bits per heavy atom. The first-order valence-corrected chi connectivity index (χ1v) is 5.68. The molecule has 1 unspecified atom stereocenters. The van der Waals surface area contributed by atoms with Crippen LogP contribution in [-0.2, 0) is 0 Å². The zero-order valence-electron chi connectivity index (χ0n) is 9.63. The lowest BCUT2D eigenvalue weighted by molar-refractivity contribution is 0.259. The monoisotopic (exact) mass is 196 g/mol. The smallest absolute Gasteiger partial charge is 0.0926 e. The van der Waals surface area contributed by atoms with E-state index < -0.39 is 6.10 Å². The quantitative estimate of drug-likeness (QED) is 0.462. The minimum Gasteiger partial charge on any atom is -0.385 e. The summed E-state index contributed by atoms with van der Waals surface area (Å²) >= 11 is 0. The van der Waals surface area contributed by atoms with Gasteiger partial charge in [0.15, 0.2) is 0 Å². The summed E-state index contributed by atoms with van der Waals surface area (Å²) in [5, 5.41) is 9.38. The molecule has 0 aromatic rings. The third-order valence-corrected chi connectivity index (χ3v) is 2.30. The first-order chi connectivity index (χ1) is 6.68. The van der Waals surface area contributed by atoms with Crippen LogP contribution in [0.15, 0.2) is 24.3 Å². The van der Waals surface area contributed by atoms with Crippen LogP contribution in [0.25, 0.3) is 0 Å². The highest BCUT2D eigenvalue weighted by Crippen LogP contribution is 2.06. The molecular formula is C13H24O. The van der Waals surface area contributed by atoms with Crippen molar-refractivity contribution in [1.29, 1.82) is 0 Å². The predicted octanol–water partition coefficient (Wildman–Crippen LogP) is 3.84. The Hall–Kier alpha value is -0.560.